The van der Waals surface area contributed by atoms with Gasteiger partial charge in [0, 0.05) is 0 Å². The highest BCUT2D eigenvalue weighted by Crippen LogP contribution is 2.27. The number of alkyl halides is 1. The standard InChI is InChI=1S/C11H13FO3/c1-7(11(13)14)10(12)8-3-5-9(15-2)6-4-8/h3-7,10H,1-2H3,(H,13,14). The Labute approximate surface area is 87.5 Å². The van der Waals surface area contributed by atoms with Gasteiger partial charge in [-0.05, 0) is 24.6 Å². The van der Waals surface area contributed by atoms with Gasteiger partial charge in [-0.3, -0.25) is 4.79 Å². The molecule has 0 aliphatic carbocycles. The molecule has 0 fully saturated rings. The van der Waals surface area contributed by atoms with E-state index in [9.17, 15) is 9.18 Å². The first-order valence-corrected chi connectivity index (χ1v) is 4.57. The van der Waals surface area contributed by atoms with Crippen molar-refractivity contribution in [1.29, 1.82) is 0 Å². The predicted octanol–water partition coefficient (Wildman–Crippen LogP) is 2.43. The molecule has 2 unspecified atom stereocenters. The lowest BCUT2D eigenvalue weighted by atomic mass is 9.99. The van der Waals surface area contributed by atoms with Crippen molar-refractivity contribution in [3.63, 3.8) is 0 Å². The van der Waals surface area contributed by atoms with Crippen molar-refractivity contribution >= 4 is 5.97 Å². The van der Waals surface area contributed by atoms with E-state index in [0.29, 0.717) is 11.3 Å². The fraction of sp³-hybridized carbons (Fsp3) is 0.364. The highest BCUT2D eigenvalue weighted by molar-refractivity contribution is 5.70. The Morgan fingerprint density at radius 3 is 2.33 bits per heavy atom. The summed E-state index contributed by atoms with van der Waals surface area (Å²) in [6.07, 6.45) is -1.49. The Kier molecular flexibility index (Phi) is 3.66. The van der Waals surface area contributed by atoms with E-state index >= 15 is 0 Å². The number of carboxylic acids is 1. The van der Waals surface area contributed by atoms with Gasteiger partial charge in [-0.25, -0.2) is 4.39 Å². The number of halogens is 1. The van der Waals surface area contributed by atoms with Crippen LogP contribution in [0.2, 0.25) is 0 Å². The van der Waals surface area contributed by atoms with E-state index in [0.717, 1.165) is 0 Å². The predicted molar refractivity (Wildman–Crippen MR) is 53.6 cm³/mol. The molecule has 15 heavy (non-hydrogen) atoms. The Morgan fingerprint density at radius 1 is 1.40 bits per heavy atom. The topological polar surface area (TPSA) is 46.5 Å². The fourth-order valence-corrected chi connectivity index (χ4v) is 1.20. The summed E-state index contributed by atoms with van der Waals surface area (Å²) in [5.74, 6) is -1.56. The van der Waals surface area contributed by atoms with Gasteiger partial charge in [0.2, 0.25) is 0 Å². The molecule has 82 valence electrons. The second kappa shape index (κ2) is 4.77. The molecule has 0 aliphatic rings. The zero-order valence-corrected chi connectivity index (χ0v) is 8.61. The van der Waals surface area contributed by atoms with Crippen molar-refractivity contribution < 1.29 is 19.0 Å². The van der Waals surface area contributed by atoms with Crippen LogP contribution in [0, 0.1) is 5.92 Å². The maximum Gasteiger partial charge on any atom is 0.309 e. The molecule has 0 aromatic heterocycles. The Balaban J connectivity index is 2.82. The number of carboxylic acid groups (broad SMARTS) is 1. The average Bonchev–Trinajstić information content (AvgIpc) is 2.27. The molecule has 1 N–H and O–H groups in total. The lowest BCUT2D eigenvalue weighted by molar-refractivity contribution is -0.143. The number of hydrogen-bond acceptors (Lipinski definition) is 2. The van der Waals surface area contributed by atoms with Gasteiger partial charge in [0.1, 0.15) is 11.9 Å². The molecule has 0 heterocycles. The number of carbonyl (C=O) groups is 1. The van der Waals surface area contributed by atoms with Crippen LogP contribution in [0.3, 0.4) is 0 Å². The lowest BCUT2D eigenvalue weighted by Crippen LogP contribution is -2.15. The van der Waals surface area contributed by atoms with Crippen molar-refractivity contribution in [2.75, 3.05) is 7.11 Å². The van der Waals surface area contributed by atoms with E-state index in [-0.39, 0.29) is 0 Å². The largest absolute Gasteiger partial charge is 0.497 e. The van der Waals surface area contributed by atoms with E-state index < -0.39 is 18.1 Å². The van der Waals surface area contributed by atoms with E-state index in [1.807, 2.05) is 0 Å². The zero-order valence-electron chi connectivity index (χ0n) is 8.61. The van der Waals surface area contributed by atoms with Crippen molar-refractivity contribution in [2.45, 2.75) is 13.1 Å². The van der Waals surface area contributed by atoms with Crippen LogP contribution in [0.1, 0.15) is 18.7 Å². The molecule has 3 nitrogen and oxygen atoms in total. The molecule has 1 aromatic carbocycles. The monoisotopic (exact) mass is 212 g/mol. The molecule has 1 rings (SSSR count). The summed E-state index contributed by atoms with van der Waals surface area (Å²) in [4.78, 5) is 10.6. The van der Waals surface area contributed by atoms with Crippen LogP contribution in [0.25, 0.3) is 0 Å². The minimum Gasteiger partial charge on any atom is -0.497 e. The Morgan fingerprint density at radius 2 is 1.93 bits per heavy atom. The number of hydrogen-bond donors (Lipinski definition) is 1. The summed E-state index contributed by atoms with van der Waals surface area (Å²) in [5.41, 5.74) is 0.353. The van der Waals surface area contributed by atoms with Gasteiger partial charge in [-0.2, -0.15) is 0 Å². The molecular formula is C11H13FO3. The second-order valence-electron chi connectivity index (χ2n) is 3.30. The minimum absolute atomic E-state index is 0.353. The van der Waals surface area contributed by atoms with Gasteiger partial charge in [0.25, 0.3) is 0 Å². The van der Waals surface area contributed by atoms with Crippen molar-refractivity contribution in [3.8, 4) is 5.75 Å². The van der Waals surface area contributed by atoms with Crippen LogP contribution in [0.4, 0.5) is 4.39 Å². The molecular weight excluding hydrogens is 199 g/mol. The lowest BCUT2D eigenvalue weighted by Gasteiger charge is -2.12. The first-order chi connectivity index (χ1) is 7.06. The van der Waals surface area contributed by atoms with E-state index in [1.54, 1.807) is 12.1 Å². The fourth-order valence-electron chi connectivity index (χ4n) is 1.20. The van der Waals surface area contributed by atoms with E-state index in [1.165, 1.54) is 26.2 Å². The molecule has 0 saturated heterocycles. The minimum atomic E-state index is -1.49. The third-order valence-corrected chi connectivity index (χ3v) is 2.26. The van der Waals surface area contributed by atoms with Crippen molar-refractivity contribution in [2.24, 2.45) is 5.92 Å². The average molecular weight is 212 g/mol. The maximum atomic E-state index is 13.6. The number of ether oxygens (including phenoxy) is 1. The van der Waals surface area contributed by atoms with Gasteiger partial charge >= 0.3 is 5.97 Å². The zero-order chi connectivity index (χ0) is 11.4. The molecule has 0 amide bonds. The number of benzene rings is 1. The molecule has 1 aromatic rings. The van der Waals surface area contributed by atoms with Gasteiger partial charge in [-0.1, -0.05) is 12.1 Å². The Hall–Kier alpha value is -1.58. The van der Waals surface area contributed by atoms with E-state index in [4.69, 9.17) is 9.84 Å². The van der Waals surface area contributed by atoms with Crippen LogP contribution in [-0.2, 0) is 4.79 Å². The van der Waals surface area contributed by atoms with E-state index in [2.05, 4.69) is 0 Å². The second-order valence-corrected chi connectivity index (χ2v) is 3.30. The third-order valence-electron chi connectivity index (χ3n) is 2.26. The first kappa shape index (κ1) is 11.5. The SMILES string of the molecule is COc1ccc(C(F)C(C)C(=O)O)cc1. The summed E-state index contributed by atoms with van der Waals surface area (Å²) in [6, 6.07) is 6.28. The third kappa shape index (κ3) is 2.68. The van der Waals surface area contributed by atoms with Gasteiger partial charge in [0.15, 0.2) is 0 Å². The van der Waals surface area contributed by atoms with Crippen LogP contribution in [0.5, 0.6) is 5.75 Å². The summed E-state index contributed by atoms with van der Waals surface area (Å²) < 4.78 is 18.5. The Bertz CT molecular complexity index is 334. The van der Waals surface area contributed by atoms with Crippen LogP contribution < -0.4 is 4.74 Å². The molecule has 0 radical (unpaired) electrons. The number of methoxy groups -OCH3 is 1. The summed E-state index contributed by atoms with van der Waals surface area (Å²) in [6.45, 7) is 1.34. The van der Waals surface area contributed by atoms with Crippen molar-refractivity contribution in [1.82, 2.24) is 0 Å². The first-order valence-electron chi connectivity index (χ1n) is 4.57. The van der Waals surface area contributed by atoms with Crippen molar-refractivity contribution in [3.05, 3.63) is 29.8 Å². The van der Waals surface area contributed by atoms with Crippen LogP contribution >= 0.6 is 0 Å². The van der Waals surface area contributed by atoms with Crippen LogP contribution in [0.15, 0.2) is 24.3 Å². The van der Waals surface area contributed by atoms with Gasteiger partial charge < -0.3 is 9.84 Å². The summed E-state index contributed by atoms with van der Waals surface area (Å²) in [5, 5.41) is 8.65. The van der Waals surface area contributed by atoms with Gasteiger partial charge in [-0.15, -0.1) is 0 Å². The maximum absolute atomic E-state index is 13.6. The molecule has 0 bridgehead atoms. The molecule has 0 spiro atoms. The molecule has 4 heteroatoms. The smallest absolute Gasteiger partial charge is 0.309 e. The summed E-state index contributed by atoms with van der Waals surface area (Å²) >= 11 is 0. The highest BCUT2D eigenvalue weighted by atomic mass is 19.1. The highest BCUT2D eigenvalue weighted by Gasteiger charge is 2.24. The number of aliphatic carboxylic acids is 1. The molecule has 0 aliphatic heterocycles. The molecule has 2 atom stereocenters. The quantitative estimate of drug-likeness (QED) is 0.833. The van der Waals surface area contributed by atoms with Crippen LogP contribution in [-0.4, -0.2) is 18.2 Å². The van der Waals surface area contributed by atoms with Gasteiger partial charge in [0.05, 0.1) is 13.0 Å². The summed E-state index contributed by atoms with van der Waals surface area (Å²) in [7, 11) is 1.52. The molecule has 0 saturated carbocycles. The normalized spacial score (nSPS) is 14.3. The number of rotatable bonds is 4.